The summed E-state index contributed by atoms with van der Waals surface area (Å²) in [5, 5.41) is 28.7. The zero-order chi connectivity index (χ0) is 12.3. The van der Waals surface area contributed by atoms with Crippen LogP contribution in [0.1, 0.15) is 16.5 Å². The van der Waals surface area contributed by atoms with Gasteiger partial charge >= 0.3 is 5.97 Å². The number of carbonyl (C=O) groups is 2. The lowest BCUT2D eigenvalue weighted by atomic mass is 10.1. The van der Waals surface area contributed by atoms with Crippen LogP contribution in [0, 0.1) is 0 Å². The maximum Gasteiger partial charge on any atom is 0.308 e. The molecule has 6 nitrogen and oxygen atoms in total. The molecule has 2 atom stereocenters. The Morgan fingerprint density at radius 2 is 2.06 bits per heavy atom. The van der Waals surface area contributed by atoms with Gasteiger partial charge in [0.2, 0.25) is 5.91 Å². The number of carboxylic acids is 1. The number of nitrogens with two attached hydrogens (primary N) is 1. The van der Waals surface area contributed by atoms with Gasteiger partial charge < -0.3 is 21.1 Å². The van der Waals surface area contributed by atoms with Gasteiger partial charge in [0.25, 0.3) is 0 Å². The number of carbonyl (C=O) groups excluding carboxylic acids is 1. The fraction of sp³-hybridized carbons (Fsp3) is 0.333. The van der Waals surface area contributed by atoms with E-state index < -0.39 is 24.1 Å². The molecule has 1 amide bonds. The third-order valence-corrected chi connectivity index (χ3v) is 2.89. The summed E-state index contributed by atoms with van der Waals surface area (Å²) in [7, 11) is 0. The van der Waals surface area contributed by atoms with Crippen molar-refractivity contribution in [2.75, 3.05) is 0 Å². The first kappa shape index (κ1) is 12.6. The Morgan fingerprint density at radius 1 is 1.44 bits per heavy atom. The number of aliphatic hydroxyl groups is 2. The third-order valence-electron chi connectivity index (χ3n) is 1.93. The van der Waals surface area contributed by atoms with E-state index in [-0.39, 0.29) is 12.0 Å². The van der Waals surface area contributed by atoms with Crippen LogP contribution in [-0.2, 0) is 16.0 Å². The summed E-state index contributed by atoms with van der Waals surface area (Å²) in [4.78, 5) is 21.6. The summed E-state index contributed by atoms with van der Waals surface area (Å²) in [5.74, 6) is -2.02. The van der Waals surface area contributed by atoms with Crippen molar-refractivity contribution < 1.29 is 24.9 Å². The molecule has 0 aromatic carbocycles. The molecular weight excluding hydrogens is 234 g/mol. The van der Waals surface area contributed by atoms with Gasteiger partial charge in [-0.25, -0.2) is 0 Å². The Kier molecular flexibility index (Phi) is 3.99. The van der Waals surface area contributed by atoms with E-state index in [2.05, 4.69) is 0 Å². The lowest BCUT2D eigenvalue weighted by Gasteiger charge is -2.12. The molecule has 5 N–H and O–H groups in total. The van der Waals surface area contributed by atoms with Crippen molar-refractivity contribution in [2.24, 2.45) is 5.73 Å². The van der Waals surface area contributed by atoms with Crippen LogP contribution < -0.4 is 5.73 Å². The van der Waals surface area contributed by atoms with E-state index in [0.29, 0.717) is 4.88 Å². The highest BCUT2D eigenvalue weighted by atomic mass is 32.1. The molecule has 1 heterocycles. The fourth-order valence-corrected chi connectivity index (χ4v) is 2.04. The minimum absolute atomic E-state index is 0.163. The number of aliphatic carboxylic acids is 1. The largest absolute Gasteiger partial charge is 0.481 e. The van der Waals surface area contributed by atoms with Crippen molar-refractivity contribution >= 4 is 23.2 Å². The molecule has 88 valence electrons. The molecule has 16 heavy (non-hydrogen) atoms. The Labute approximate surface area is 94.9 Å². The van der Waals surface area contributed by atoms with E-state index in [9.17, 15) is 19.8 Å². The van der Waals surface area contributed by atoms with Gasteiger partial charge in [0.15, 0.2) is 6.10 Å². The summed E-state index contributed by atoms with van der Waals surface area (Å²) < 4.78 is 0. The molecule has 0 spiro atoms. The Hall–Kier alpha value is -1.44. The summed E-state index contributed by atoms with van der Waals surface area (Å²) >= 11 is 1.13. The first-order chi connectivity index (χ1) is 7.41. The lowest BCUT2D eigenvalue weighted by Crippen LogP contribution is -2.33. The van der Waals surface area contributed by atoms with E-state index in [4.69, 9.17) is 10.8 Å². The van der Waals surface area contributed by atoms with Crippen molar-refractivity contribution in [3.63, 3.8) is 0 Å². The smallest absolute Gasteiger partial charge is 0.308 e. The van der Waals surface area contributed by atoms with Gasteiger partial charge in [-0.15, -0.1) is 11.3 Å². The molecule has 0 saturated carbocycles. The molecule has 0 aliphatic carbocycles. The summed E-state index contributed by atoms with van der Waals surface area (Å²) in [5.41, 5.74) is 5.11. The number of thiophene rings is 1. The van der Waals surface area contributed by atoms with E-state index in [1.807, 2.05) is 0 Å². The molecular formula is C9H11NO5S. The number of carboxylic acid groups (broad SMARTS) is 1. The first-order valence-electron chi connectivity index (χ1n) is 4.36. The molecule has 0 aliphatic heterocycles. The van der Waals surface area contributed by atoms with E-state index in [1.165, 1.54) is 11.4 Å². The fourth-order valence-electron chi connectivity index (χ4n) is 1.13. The highest BCUT2D eigenvalue weighted by molar-refractivity contribution is 7.10. The van der Waals surface area contributed by atoms with Crippen LogP contribution in [0.4, 0.5) is 0 Å². The summed E-state index contributed by atoms with van der Waals surface area (Å²) in [6.45, 7) is 0. The predicted octanol–water partition coefficient (Wildman–Crippen LogP) is -0.745. The van der Waals surface area contributed by atoms with Crippen LogP contribution in [0.15, 0.2) is 11.4 Å². The van der Waals surface area contributed by atoms with E-state index in [0.717, 1.165) is 11.3 Å². The van der Waals surface area contributed by atoms with Crippen molar-refractivity contribution in [3.8, 4) is 0 Å². The van der Waals surface area contributed by atoms with Crippen LogP contribution in [0.2, 0.25) is 0 Å². The first-order valence-corrected chi connectivity index (χ1v) is 5.24. The van der Waals surface area contributed by atoms with Crippen molar-refractivity contribution in [1.29, 1.82) is 0 Å². The van der Waals surface area contributed by atoms with Crippen LogP contribution >= 0.6 is 11.3 Å². The predicted molar refractivity (Wildman–Crippen MR) is 55.8 cm³/mol. The number of hydrogen-bond acceptors (Lipinski definition) is 5. The second-order valence-electron chi connectivity index (χ2n) is 3.21. The number of aliphatic hydroxyl groups excluding tert-OH is 2. The van der Waals surface area contributed by atoms with Gasteiger partial charge in [-0.3, -0.25) is 9.59 Å². The number of rotatable bonds is 5. The van der Waals surface area contributed by atoms with Crippen LogP contribution in [-0.4, -0.2) is 33.3 Å². The van der Waals surface area contributed by atoms with Gasteiger partial charge in [-0.1, -0.05) is 0 Å². The number of hydrogen-bond donors (Lipinski definition) is 4. The topological polar surface area (TPSA) is 121 Å². The quantitative estimate of drug-likeness (QED) is 0.544. The molecule has 2 unspecified atom stereocenters. The second-order valence-corrected chi connectivity index (χ2v) is 4.20. The van der Waals surface area contributed by atoms with Crippen molar-refractivity contribution in [2.45, 2.75) is 18.6 Å². The van der Waals surface area contributed by atoms with E-state index >= 15 is 0 Å². The highest BCUT2D eigenvalue weighted by Gasteiger charge is 2.24. The third kappa shape index (κ3) is 3.02. The van der Waals surface area contributed by atoms with E-state index in [1.54, 1.807) is 0 Å². The SMILES string of the molecule is NC(=O)C(O)C(O)c1csc(CC(=O)O)c1. The van der Waals surface area contributed by atoms with Gasteiger partial charge in [0.05, 0.1) is 6.42 Å². The molecule has 1 aromatic rings. The molecule has 0 bridgehead atoms. The molecule has 0 aliphatic rings. The minimum Gasteiger partial charge on any atom is -0.481 e. The molecule has 1 aromatic heterocycles. The standard InChI is InChI=1S/C9H11NO5S/c10-9(15)8(14)7(13)4-1-5(16-3-4)2-6(11)12/h1,3,7-8,13-14H,2H2,(H2,10,15)(H,11,12). The van der Waals surface area contributed by atoms with Crippen LogP contribution in [0.25, 0.3) is 0 Å². The normalized spacial score (nSPS) is 14.4. The zero-order valence-electron chi connectivity index (χ0n) is 8.16. The van der Waals surface area contributed by atoms with Gasteiger partial charge in [0, 0.05) is 4.88 Å². The molecule has 0 fully saturated rings. The second kappa shape index (κ2) is 5.06. The molecule has 1 rings (SSSR count). The zero-order valence-corrected chi connectivity index (χ0v) is 8.98. The monoisotopic (exact) mass is 245 g/mol. The molecule has 0 radical (unpaired) electrons. The minimum atomic E-state index is -1.69. The maximum absolute atomic E-state index is 10.6. The van der Waals surface area contributed by atoms with Crippen LogP contribution in [0.5, 0.6) is 0 Å². The average Bonchev–Trinajstić information content (AvgIpc) is 2.62. The van der Waals surface area contributed by atoms with Gasteiger partial charge in [-0.05, 0) is 17.0 Å². The van der Waals surface area contributed by atoms with Gasteiger partial charge in [-0.2, -0.15) is 0 Å². The number of amides is 1. The summed E-state index contributed by atoms with van der Waals surface area (Å²) in [6, 6.07) is 1.43. The average molecular weight is 245 g/mol. The maximum atomic E-state index is 10.6. The molecule has 0 saturated heterocycles. The number of primary amides is 1. The van der Waals surface area contributed by atoms with Crippen molar-refractivity contribution in [3.05, 3.63) is 21.9 Å². The summed E-state index contributed by atoms with van der Waals surface area (Å²) in [6.07, 6.45) is -3.27. The highest BCUT2D eigenvalue weighted by Crippen LogP contribution is 2.23. The molecule has 7 heteroatoms. The lowest BCUT2D eigenvalue weighted by molar-refractivity contribution is -0.136. The van der Waals surface area contributed by atoms with Crippen LogP contribution in [0.3, 0.4) is 0 Å². The Bertz CT molecular complexity index is 402. The van der Waals surface area contributed by atoms with Gasteiger partial charge in [0.1, 0.15) is 6.10 Å². The Morgan fingerprint density at radius 3 is 2.56 bits per heavy atom. The van der Waals surface area contributed by atoms with Crippen molar-refractivity contribution in [1.82, 2.24) is 0 Å². The Balaban J connectivity index is 2.77.